The minimum Gasteiger partial charge on any atom is -0.345 e. The second kappa shape index (κ2) is 8.67. The van der Waals surface area contributed by atoms with Crippen LogP contribution in [0.2, 0.25) is 0 Å². The van der Waals surface area contributed by atoms with E-state index in [2.05, 4.69) is 10.2 Å². The van der Waals surface area contributed by atoms with Crippen molar-refractivity contribution in [2.24, 2.45) is 11.3 Å². The molecule has 0 radical (unpaired) electrons. The summed E-state index contributed by atoms with van der Waals surface area (Å²) in [5.41, 5.74) is 1.70. The third kappa shape index (κ3) is 6.13. The highest BCUT2D eigenvalue weighted by Gasteiger charge is 2.28. The van der Waals surface area contributed by atoms with Gasteiger partial charge < -0.3 is 10.2 Å². The molecule has 0 unspecified atom stereocenters. The number of hydrogen-bond donors (Lipinski definition) is 1. The number of benzene rings is 1. The lowest BCUT2D eigenvalue weighted by molar-refractivity contribution is -0.138. The second-order valence-corrected chi connectivity index (χ2v) is 8.57. The Morgan fingerprint density at radius 1 is 1.15 bits per heavy atom. The van der Waals surface area contributed by atoms with Crippen LogP contribution in [0.3, 0.4) is 0 Å². The molecule has 0 aromatic heterocycles. The number of carbonyl (C=O) groups excluding carboxylic acids is 2. The van der Waals surface area contributed by atoms with Gasteiger partial charge in [0.2, 0.25) is 11.8 Å². The van der Waals surface area contributed by atoms with E-state index >= 15 is 0 Å². The number of piperidine rings is 1. The van der Waals surface area contributed by atoms with Gasteiger partial charge in [0, 0.05) is 24.7 Å². The molecule has 1 saturated heterocycles. The zero-order valence-electron chi connectivity index (χ0n) is 16.8. The fourth-order valence-corrected chi connectivity index (χ4v) is 3.41. The summed E-state index contributed by atoms with van der Waals surface area (Å²) in [5, 5.41) is 2.96. The van der Waals surface area contributed by atoms with E-state index in [9.17, 15) is 9.59 Å². The summed E-state index contributed by atoms with van der Waals surface area (Å²) in [6.45, 7) is 11.0. The highest BCUT2D eigenvalue weighted by atomic mass is 16.2. The first-order valence-electron chi connectivity index (χ1n) is 9.49. The van der Waals surface area contributed by atoms with Crippen molar-refractivity contribution in [1.82, 2.24) is 9.80 Å². The number of anilines is 1. The molecule has 0 aliphatic carbocycles. The predicted molar refractivity (Wildman–Crippen MR) is 106 cm³/mol. The number of aryl methyl sites for hydroxylation is 1. The summed E-state index contributed by atoms with van der Waals surface area (Å²) in [7, 11) is 1.90. The van der Waals surface area contributed by atoms with Gasteiger partial charge in [-0.2, -0.15) is 0 Å². The average Bonchev–Trinajstić information content (AvgIpc) is 2.57. The van der Waals surface area contributed by atoms with E-state index in [4.69, 9.17) is 0 Å². The van der Waals surface area contributed by atoms with Crippen molar-refractivity contribution < 1.29 is 9.59 Å². The molecular formula is C21H33N3O2. The molecule has 1 heterocycles. The molecule has 0 bridgehead atoms. The second-order valence-electron chi connectivity index (χ2n) is 8.57. The minimum atomic E-state index is -0.330. The van der Waals surface area contributed by atoms with E-state index in [1.807, 2.05) is 63.9 Å². The van der Waals surface area contributed by atoms with Gasteiger partial charge in [-0.1, -0.05) is 38.5 Å². The van der Waals surface area contributed by atoms with Crippen LogP contribution in [0.1, 0.15) is 39.2 Å². The summed E-state index contributed by atoms with van der Waals surface area (Å²) in [6.07, 6.45) is 2.05. The topological polar surface area (TPSA) is 52.7 Å². The molecule has 1 aliphatic heterocycles. The summed E-state index contributed by atoms with van der Waals surface area (Å²) < 4.78 is 0. The van der Waals surface area contributed by atoms with E-state index in [-0.39, 0.29) is 17.2 Å². The van der Waals surface area contributed by atoms with Gasteiger partial charge in [0.15, 0.2) is 0 Å². The van der Waals surface area contributed by atoms with Crippen LogP contribution >= 0.6 is 0 Å². The van der Waals surface area contributed by atoms with E-state index in [1.54, 1.807) is 0 Å². The lowest BCUT2D eigenvalue weighted by Gasteiger charge is -2.35. The summed E-state index contributed by atoms with van der Waals surface area (Å²) in [5.74, 6) is 0.743. The summed E-state index contributed by atoms with van der Waals surface area (Å²) >= 11 is 0. The summed E-state index contributed by atoms with van der Waals surface area (Å²) in [6, 6.07) is 7.86. The molecule has 0 atom stereocenters. The Balaban J connectivity index is 1.73. The number of rotatable bonds is 5. The molecule has 1 aliphatic rings. The quantitative estimate of drug-likeness (QED) is 0.879. The smallest absolute Gasteiger partial charge is 0.238 e. The van der Waals surface area contributed by atoms with Gasteiger partial charge in [-0.15, -0.1) is 0 Å². The molecule has 1 fully saturated rings. The molecule has 2 amide bonds. The molecule has 5 heteroatoms. The molecule has 2 rings (SSSR count). The Bertz CT molecular complexity index is 611. The maximum Gasteiger partial charge on any atom is 0.238 e. The Kier molecular flexibility index (Phi) is 6.81. The van der Waals surface area contributed by atoms with Crippen molar-refractivity contribution in [2.75, 3.05) is 38.5 Å². The van der Waals surface area contributed by atoms with Crippen molar-refractivity contribution in [1.29, 1.82) is 0 Å². The van der Waals surface area contributed by atoms with Crippen molar-refractivity contribution >= 4 is 17.5 Å². The molecule has 1 aromatic carbocycles. The van der Waals surface area contributed by atoms with E-state index in [0.29, 0.717) is 12.5 Å². The SMILES string of the molecule is Cc1ccc(NC(=O)CN2CCC(CN(C)C(=O)C(C)(C)C)CC2)cc1. The van der Waals surface area contributed by atoms with Gasteiger partial charge in [-0.3, -0.25) is 14.5 Å². The Hall–Kier alpha value is -1.88. The maximum atomic E-state index is 12.3. The fourth-order valence-electron chi connectivity index (χ4n) is 3.41. The van der Waals surface area contributed by atoms with Crippen molar-refractivity contribution in [3.05, 3.63) is 29.8 Å². The molecule has 1 aromatic rings. The highest BCUT2D eigenvalue weighted by molar-refractivity contribution is 5.92. The molecule has 0 saturated carbocycles. The van der Waals surface area contributed by atoms with Gasteiger partial charge in [0.1, 0.15) is 0 Å². The largest absolute Gasteiger partial charge is 0.345 e. The molecule has 26 heavy (non-hydrogen) atoms. The van der Waals surface area contributed by atoms with Gasteiger partial charge in [0.05, 0.1) is 6.54 Å². The molecule has 5 nitrogen and oxygen atoms in total. The van der Waals surface area contributed by atoms with Gasteiger partial charge in [-0.25, -0.2) is 0 Å². The van der Waals surface area contributed by atoms with Crippen molar-refractivity contribution in [3.8, 4) is 0 Å². The number of nitrogens with one attached hydrogen (secondary N) is 1. The van der Waals surface area contributed by atoms with Gasteiger partial charge in [-0.05, 0) is 50.9 Å². The van der Waals surface area contributed by atoms with Crippen LogP contribution in [0.15, 0.2) is 24.3 Å². The predicted octanol–water partition coefficient (Wildman–Crippen LogP) is 3.15. The fraction of sp³-hybridized carbons (Fsp3) is 0.619. The first kappa shape index (κ1) is 20.4. The molecule has 1 N–H and O–H groups in total. The van der Waals surface area contributed by atoms with Crippen LogP contribution in [0, 0.1) is 18.3 Å². The van der Waals surface area contributed by atoms with E-state index < -0.39 is 0 Å². The normalized spacial score (nSPS) is 16.3. The number of carbonyl (C=O) groups is 2. The van der Waals surface area contributed by atoms with E-state index in [1.165, 1.54) is 5.56 Å². The number of likely N-dealkylation sites (tertiary alicyclic amines) is 1. The molecule has 144 valence electrons. The highest BCUT2D eigenvalue weighted by Crippen LogP contribution is 2.22. The van der Waals surface area contributed by atoms with Crippen molar-refractivity contribution in [3.63, 3.8) is 0 Å². The third-order valence-electron chi connectivity index (χ3n) is 4.93. The number of nitrogens with zero attached hydrogens (tertiary/aromatic N) is 2. The Morgan fingerprint density at radius 3 is 2.27 bits per heavy atom. The monoisotopic (exact) mass is 359 g/mol. The Morgan fingerprint density at radius 2 is 1.73 bits per heavy atom. The van der Waals surface area contributed by atoms with Crippen LogP contribution in [-0.4, -0.2) is 54.8 Å². The maximum absolute atomic E-state index is 12.3. The summed E-state index contributed by atoms with van der Waals surface area (Å²) in [4.78, 5) is 28.6. The third-order valence-corrected chi connectivity index (χ3v) is 4.93. The van der Waals surface area contributed by atoms with Crippen LogP contribution in [0.5, 0.6) is 0 Å². The first-order valence-corrected chi connectivity index (χ1v) is 9.49. The lowest BCUT2D eigenvalue weighted by Crippen LogP contribution is -2.44. The van der Waals surface area contributed by atoms with Crippen LogP contribution in [-0.2, 0) is 9.59 Å². The average molecular weight is 360 g/mol. The van der Waals surface area contributed by atoms with E-state index in [0.717, 1.165) is 38.2 Å². The molecule has 0 spiro atoms. The number of hydrogen-bond acceptors (Lipinski definition) is 3. The lowest BCUT2D eigenvalue weighted by atomic mass is 9.92. The van der Waals surface area contributed by atoms with Crippen molar-refractivity contribution in [2.45, 2.75) is 40.5 Å². The number of amides is 2. The standard InChI is InChI=1S/C21H33N3O2/c1-16-6-8-18(9-7-16)22-19(25)15-24-12-10-17(11-13-24)14-23(5)20(26)21(2,3)4/h6-9,17H,10-15H2,1-5H3,(H,22,25). The molecular weight excluding hydrogens is 326 g/mol. The zero-order valence-corrected chi connectivity index (χ0v) is 16.8. The zero-order chi connectivity index (χ0) is 19.3. The van der Waals surface area contributed by atoms with Gasteiger partial charge >= 0.3 is 0 Å². The van der Waals surface area contributed by atoms with Crippen LogP contribution in [0.4, 0.5) is 5.69 Å². The Labute approximate surface area is 157 Å². The minimum absolute atomic E-state index is 0.0346. The van der Waals surface area contributed by atoms with Gasteiger partial charge in [0.25, 0.3) is 0 Å². The van der Waals surface area contributed by atoms with Crippen LogP contribution < -0.4 is 5.32 Å². The first-order chi connectivity index (χ1) is 12.1. The van der Waals surface area contributed by atoms with Crippen LogP contribution in [0.25, 0.3) is 0 Å².